The SMILES string of the molecule is CCC(C)N(Cc1ccc(OS(=O)(=O)CC)cc1)C(=O)c1cccc2ccccc12. The largest absolute Gasteiger partial charge is 0.382 e. The van der Waals surface area contributed by atoms with Gasteiger partial charge in [-0.1, -0.05) is 55.5 Å². The van der Waals surface area contributed by atoms with Gasteiger partial charge in [0.1, 0.15) is 5.75 Å². The van der Waals surface area contributed by atoms with E-state index in [9.17, 15) is 13.2 Å². The summed E-state index contributed by atoms with van der Waals surface area (Å²) in [6, 6.07) is 20.5. The summed E-state index contributed by atoms with van der Waals surface area (Å²) < 4.78 is 28.3. The van der Waals surface area contributed by atoms with Crippen LogP contribution < -0.4 is 4.18 Å². The van der Waals surface area contributed by atoms with Crippen molar-refractivity contribution in [1.29, 1.82) is 0 Å². The van der Waals surface area contributed by atoms with E-state index in [0.29, 0.717) is 12.1 Å². The maximum atomic E-state index is 13.5. The first-order chi connectivity index (χ1) is 14.3. The Morgan fingerprint density at radius 1 is 0.967 bits per heavy atom. The Labute approximate surface area is 178 Å². The van der Waals surface area contributed by atoms with Crippen LogP contribution in [-0.4, -0.2) is 31.0 Å². The minimum atomic E-state index is -3.56. The molecule has 158 valence electrons. The topological polar surface area (TPSA) is 63.7 Å². The minimum Gasteiger partial charge on any atom is -0.382 e. The van der Waals surface area contributed by atoms with Crippen molar-refractivity contribution in [1.82, 2.24) is 4.90 Å². The molecule has 0 aliphatic heterocycles. The number of benzene rings is 3. The molecular formula is C24H27NO4S. The molecule has 6 heteroatoms. The highest BCUT2D eigenvalue weighted by Gasteiger charge is 2.22. The molecule has 1 unspecified atom stereocenters. The van der Waals surface area contributed by atoms with Gasteiger partial charge in [-0.25, -0.2) is 0 Å². The Morgan fingerprint density at radius 3 is 2.30 bits per heavy atom. The summed E-state index contributed by atoms with van der Waals surface area (Å²) in [5.41, 5.74) is 1.59. The smallest absolute Gasteiger partial charge is 0.308 e. The molecular weight excluding hydrogens is 398 g/mol. The molecule has 5 nitrogen and oxygen atoms in total. The molecule has 3 aromatic rings. The third-order valence-electron chi connectivity index (χ3n) is 5.26. The molecule has 0 N–H and O–H groups in total. The standard InChI is InChI=1S/C24H27NO4S/c1-4-18(3)25(17-19-13-15-21(16-14-19)29-30(27,28)5-2)24(26)23-12-8-10-20-9-6-7-11-22(20)23/h6-16,18H,4-5,17H2,1-3H3. The molecule has 1 atom stereocenters. The zero-order chi connectivity index (χ0) is 21.7. The van der Waals surface area contributed by atoms with Gasteiger partial charge >= 0.3 is 10.1 Å². The summed E-state index contributed by atoms with van der Waals surface area (Å²) in [5, 5.41) is 1.97. The molecule has 0 radical (unpaired) electrons. The van der Waals surface area contributed by atoms with Crippen LogP contribution >= 0.6 is 0 Å². The molecule has 0 fully saturated rings. The average Bonchev–Trinajstić information content (AvgIpc) is 2.77. The van der Waals surface area contributed by atoms with Gasteiger partial charge in [0.05, 0.1) is 5.75 Å². The van der Waals surface area contributed by atoms with Crippen molar-refractivity contribution in [2.45, 2.75) is 39.8 Å². The van der Waals surface area contributed by atoms with Crippen LogP contribution in [0.15, 0.2) is 66.7 Å². The highest BCUT2D eigenvalue weighted by atomic mass is 32.2. The Morgan fingerprint density at radius 2 is 1.63 bits per heavy atom. The Bertz CT molecular complexity index is 1120. The van der Waals surface area contributed by atoms with Crippen LogP contribution in [0.1, 0.15) is 43.1 Å². The number of carbonyl (C=O) groups is 1. The predicted octanol–water partition coefficient (Wildman–Crippen LogP) is 5.01. The van der Waals surface area contributed by atoms with Crippen molar-refractivity contribution in [2.75, 3.05) is 5.75 Å². The van der Waals surface area contributed by atoms with Gasteiger partial charge < -0.3 is 9.08 Å². The molecule has 3 rings (SSSR count). The van der Waals surface area contributed by atoms with Crippen molar-refractivity contribution < 1.29 is 17.4 Å². The fourth-order valence-corrected chi connectivity index (χ4v) is 3.79. The van der Waals surface area contributed by atoms with E-state index in [4.69, 9.17) is 4.18 Å². The summed E-state index contributed by atoms with van der Waals surface area (Å²) in [5.74, 6) is 0.168. The molecule has 0 aliphatic carbocycles. The fraction of sp³-hybridized carbons (Fsp3) is 0.292. The highest BCUT2D eigenvalue weighted by molar-refractivity contribution is 7.87. The lowest BCUT2D eigenvalue weighted by atomic mass is 10.0. The molecule has 0 aromatic heterocycles. The third kappa shape index (κ3) is 5.00. The van der Waals surface area contributed by atoms with Crippen LogP contribution in [0.3, 0.4) is 0 Å². The molecule has 0 spiro atoms. The van der Waals surface area contributed by atoms with Crippen LogP contribution in [0.4, 0.5) is 0 Å². The van der Waals surface area contributed by atoms with Crippen LogP contribution in [0.5, 0.6) is 5.75 Å². The van der Waals surface area contributed by atoms with E-state index in [0.717, 1.165) is 22.8 Å². The second kappa shape index (κ2) is 9.30. The third-order valence-corrected chi connectivity index (χ3v) is 6.41. The lowest BCUT2D eigenvalue weighted by molar-refractivity contribution is 0.0673. The summed E-state index contributed by atoms with van der Waals surface area (Å²) in [6.45, 7) is 6.05. The zero-order valence-corrected chi connectivity index (χ0v) is 18.4. The first-order valence-electron chi connectivity index (χ1n) is 10.1. The van der Waals surface area contributed by atoms with E-state index in [-0.39, 0.29) is 23.5 Å². The van der Waals surface area contributed by atoms with Crippen molar-refractivity contribution >= 4 is 26.8 Å². The van der Waals surface area contributed by atoms with Crippen molar-refractivity contribution in [3.8, 4) is 5.75 Å². The summed E-state index contributed by atoms with van der Waals surface area (Å²) >= 11 is 0. The molecule has 30 heavy (non-hydrogen) atoms. The number of fused-ring (bicyclic) bond motifs is 1. The normalized spacial score (nSPS) is 12.5. The van der Waals surface area contributed by atoms with Gasteiger partial charge in [-0.3, -0.25) is 4.79 Å². The second-order valence-electron chi connectivity index (χ2n) is 7.29. The van der Waals surface area contributed by atoms with Gasteiger partial charge in [0, 0.05) is 18.2 Å². The van der Waals surface area contributed by atoms with Gasteiger partial charge in [-0.2, -0.15) is 8.42 Å². The summed E-state index contributed by atoms with van der Waals surface area (Å²) in [7, 11) is -3.56. The van der Waals surface area contributed by atoms with Gasteiger partial charge in [-0.05, 0) is 54.8 Å². The monoisotopic (exact) mass is 425 g/mol. The minimum absolute atomic E-state index is 0.0185. The quantitative estimate of drug-likeness (QED) is 0.476. The number of carbonyl (C=O) groups excluding carboxylic acids is 1. The van der Waals surface area contributed by atoms with Gasteiger partial charge in [-0.15, -0.1) is 0 Å². The van der Waals surface area contributed by atoms with E-state index in [1.165, 1.54) is 6.92 Å². The lowest BCUT2D eigenvalue weighted by Gasteiger charge is -2.29. The fourth-order valence-electron chi connectivity index (χ4n) is 3.27. The zero-order valence-electron chi connectivity index (χ0n) is 17.5. The van der Waals surface area contributed by atoms with Crippen molar-refractivity contribution in [3.05, 3.63) is 77.9 Å². The van der Waals surface area contributed by atoms with E-state index in [1.54, 1.807) is 24.3 Å². The summed E-state index contributed by atoms with van der Waals surface area (Å²) in [6.07, 6.45) is 0.826. The lowest BCUT2D eigenvalue weighted by Crippen LogP contribution is -2.37. The van der Waals surface area contributed by atoms with Crippen LogP contribution in [0, 0.1) is 0 Å². The number of hydrogen-bond donors (Lipinski definition) is 0. The van der Waals surface area contributed by atoms with E-state index >= 15 is 0 Å². The van der Waals surface area contributed by atoms with E-state index in [1.807, 2.05) is 54.3 Å². The maximum Gasteiger partial charge on any atom is 0.308 e. The Hall–Kier alpha value is -2.86. The molecule has 0 heterocycles. The number of nitrogens with zero attached hydrogens (tertiary/aromatic N) is 1. The molecule has 1 amide bonds. The molecule has 0 bridgehead atoms. The van der Waals surface area contributed by atoms with Crippen LogP contribution in [0.2, 0.25) is 0 Å². The predicted molar refractivity (Wildman–Crippen MR) is 120 cm³/mol. The second-order valence-corrected chi connectivity index (χ2v) is 9.15. The van der Waals surface area contributed by atoms with Crippen molar-refractivity contribution in [2.24, 2.45) is 0 Å². The molecule has 0 saturated carbocycles. The Balaban J connectivity index is 1.87. The maximum absolute atomic E-state index is 13.5. The highest BCUT2D eigenvalue weighted by Crippen LogP contribution is 2.23. The van der Waals surface area contributed by atoms with Crippen LogP contribution in [0.25, 0.3) is 10.8 Å². The number of hydrogen-bond acceptors (Lipinski definition) is 4. The first kappa shape index (κ1) is 21.8. The molecule has 3 aromatic carbocycles. The van der Waals surface area contributed by atoms with Gasteiger partial charge in [0.25, 0.3) is 5.91 Å². The number of amides is 1. The van der Waals surface area contributed by atoms with E-state index in [2.05, 4.69) is 6.92 Å². The van der Waals surface area contributed by atoms with E-state index < -0.39 is 10.1 Å². The van der Waals surface area contributed by atoms with Gasteiger partial charge in [0.2, 0.25) is 0 Å². The number of rotatable bonds is 8. The first-order valence-corrected chi connectivity index (χ1v) is 11.7. The van der Waals surface area contributed by atoms with Crippen molar-refractivity contribution in [3.63, 3.8) is 0 Å². The van der Waals surface area contributed by atoms with Gasteiger partial charge in [0.15, 0.2) is 0 Å². The molecule has 0 aliphatic rings. The summed E-state index contributed by atoms with van der Waals surface area (Å²) in [4.78, 5) is 15.3. The average molecular weight is 426 g/mol. The molecule has 0 saturated heterocycles. The van der Waals surface area contributed by atoms with Crippen LogP contribution in [-0.2, 0) is 16.7 Å². The Kier molecular flexibility index (Phi) is 6.77.